The van der Waals surface area contributed by atoms with Crippen molar-refractivity contribution in [3.05, 3.63) is 69.6 Å². The highest BCUT2D eigenvalue weighted by molar-refractivity contribution is 5.96. The molecule has 0 amide bonds. The first-order chi connectivity index (χ1) is 13.4. The summed E-state index contributed by atoms with van der Waals surface area (Å²) in [7, 11) is 3.45. The van der Waals surface area contributed by atoms with E-state index in [0.717, 1.165) is 11.1 Å². The summed E-state index contributed by atoms with van der Waals surface area (Å²) >= 11 is 0. The summed E-state index contributed by atoms with van der Waals surface area (Å²) in [4.78, 5) is 28.8. The Labute approximate surface area is 160 Å². The van der Waals surface area contributed by atoms with Crippen LogP contribution in [-0.4, -0.2) is 35.1 Å². The van der Waals surface area contributed by atoms with Crippen LogP contribution in [0, 0.1) is 17.0 Å². The van der Waals surface area contributed by atoms with E-state index < -0.39 is 10.9 Å². The van der Waals surface area contributed by atoms with E-state index in [1.54, 1.807) is 19.0 Å². The van der Waals surface area contributed by atoms with Crippen LogP contribution < -0.4 is 4.90 Å². The van der Waals surface area contributed by atoms with E-state index in [1.807, 2.05) is 31.2 Å². The minimum Gasteiger partial charge on any atom is -0.452 e. The van der Waals surface area contributed by atoms with Gasteiger partial charge in [0, 0.05) is 31.8 Å². The Bertz CT molecular complexity index is 1030. The summed E-state index contributed by atoms with van der Waals surface area (Å²) < 4.78 is 10.4. The monoisotopic (exact) mass is 382 g/mol. The van der Waals surface area contributed by atoms with Gasteiger partial charge in [0.1, 0.15) is 0 Å². The van der Waals surface area contributed by atoms with Crippen LogP contribution in [0.4, 0.5) is 11.4 Å². The molecule has 3 rings (SSSR count). The van der Waals surface area contributed by atoms with E-state index in [4.69, 9.17) is 9.26 Å². The summed E-state index contributed by atoms with van der Waals surface area (Å²) in [5.41, 5.74) is 2.19. The second kappa shape index (κ2) is 7.87. The van der Waals surface area contributed by atoms with E-state index in [1.165, 1.54) is 18.2 Å². The number of nitro groups is 1. The molecule has 0 unspecified atom stereocenters. The minimum atomic E-state index is -0.719. The lowest BCUT2D eigenvalue weighted by Crippen LogP contribution is -2.16. The maximum absolute atomic E-state index is 12.5. The molecular formula is C19H18N4O5. The zero-order valence-electron chi connectivity index (χ0n) is 15.6. The topological polar surface area (TPSA) is 112 Å². The number of non-ortho nitro benzene ring substituents is 1. The van der Waals surface area contributed by atoms with Crippen LogP contribution in [0.15, 0.2) is 47.0 Å². The standard InChI is InChI=1S/C19H18N4O5/c1-12-6-4-5-7-14(12)18-20-17(28-21-18)11-27-19(24)15-10-13(23(25)26)8-9-16(15)22(2)3/h4-10H,11H2,1-3H3. The summed E-state index contributed by atoms with van der Waals surface area (Å²) in [6.45, 7) is 1.68. The Balaban J connectivity index is 1.77. The fourth-order valence-corrected chi connectivity index (χ4v) is 2.64. The third kappa shape index (κ3) is 3.98. The molecule has 0 radical (unpaired) electrons. The van der Waals surface area contributed by atoms with Crippen molar-refractivity contribution in [2.45, 2.75) is 13.5 Å². The van der Waals surface area contributed by atoms with E-state index >= 15 is 0 Å². The third-order valence-corrected chi connectivity index (χ3v) is 4.07. The van der Waals surface area contributed by atoms with E-state index in [2.05, 4.69) is 10.1 Å². The molecule has 1 heterocycles. The molecule has 0 aliphatic heterocycles. The number of ether oxygens (including phenoxy) is 1. The molecule has 144 valence electrons. The highest BCUT2D eigenvalue weighted by Crippen LogP contribution is 2.25. The smallest absolute Gasteiger partial charge is 0.341 e. The van der Waals surface area contributed by atoms with Gasteiger partial charge in [-0.05, 0) is 18.6 Å². The number of rotatable bonds is 6. The van der Waals surface area contributed by atoms with Gasteiger partial charge in [-0.25, -0.2) is 4.79 Å². The number of benzene rings is 2. The van der Waals surface area contributed by atoms with Gasteiger partial charge in [-0.3, -0.25) is 10.1 Å². The Hall–Kier alpha value is -3.75. The van der Waals surface area contributed by atoms with Crippen LogP contribution >= 0.6 is 0 Å². The number of hydrogen-bond acceptors (Lipinski definition) is 8. The zero-order chi connectivity index (χ0) is 20.3. The first kappa shape index (κ1) is 19.0. The van der Waals surface area contributed by atoms with Gasteiger partial charge in [-0.15, -0.1) is 0 Å². The number of hydrogen-bond donors (Lipinski definition) is 0. The first-order valence-corrected chi connectivity index (χ1v) is 8.38. The highest BCUT2D eigenvalue weighted by atomic mass is 16.6. The molecule has 9 heteroatoms. The van der Waals surface area contributed by atoms with Crippen molar-refractivity contribution >= 4 is 17.3 Å². The van der Waals surface area contributed by atoms with Gasteiger partial charge < -0.3 is 14.2 Å². The van der Waals surface area contributed by atoms with Gasteiger partial charge in [-0.1, -0.05) is 29.4 Å². The van der Waals surface area contributed by atoms with Crippen molar-refractivity contribution < 1.29 is 19.0 Å². The lowest BCUT2D eigenvalue weighted by Gasteiger charge is -2.16. The zero-order valence-corrected chi connectivity index (χ0v) is 15.6. The van der Waals surface area contributed by atoms with Crippen molar-refractivity contribution in [1.29, 1.82) is 0 Å². The van der Waals surface area contributed by atoms with Crippen molar-refractivity contribution in [1.82, 2.24) is 10.1 Å². The van der Waals surface area contributed by atoms with Crippen LogP contribution in [-0.2, 0) is 11.3 Å². The summed E-state index contributed by atoms with van der Waals surface area (Å²) in [5.74, 6) is -0.194. The van der Waals surface area contributed by atoms with Gasteiger partial charge in [0.05, 0.1) is 16.2 Å². The van der Waals surface area contributed by atoms with Gasteiger partial charge in [-0.2, -0.15) is 4.98 Å². The highest BCUT2D eigenvalue weighted by Gasteiger charge is 2.20. The Morgan fingerprint density at radius 1 is 1.25 bits per heavy atom. The average Bonchev–Trinajstić information content (AvgIpc) is 3.14. The number of carbonyl (C=O) groups is 1. The predicted octanol–water partition coefficient (Wildman–Crippen LogP) is 3.38. The molecule has 0 aliphatic carbocycles. The largest absolute Gasteiger partial charge is 0.452 e. The number of anilines is 1. The second-order valence-electron chi connectivity index (χ2n) is 6.26. The lowest BCUT2D eigenvalue weighted by molar-refractivity contribution is -0.384. The van der Waals surface area contributed by atoms with Gasteiger partial charge >= 0.3 is 5.97 Å². The molecule has 9 nitrogen and oxygen atoms in total. The van der Waals surface area contributed by atoms with Gasteiger partial charge in [0.2, 0.25) is 5.82 Å². The number of aromatic nitrogens is 2. The summed E-state index contributed by atoms with van der Waals surface area (Å²) in [6.07, 6.45) is 0. The molecular weight excluding hydrogens is 364 g/mol. The first-order valence-electron chi connectivity index (χ1n) is 8.38. The van der Waals surface area contributed by atoms with Crippen molar-refractivity contribution in [2.75, 3.05) is 19.0 Å². The summed E-state index contributed by atoms with van der Waals surface area (Å²) in [5, 5.41) is 14.9. The quantitative estimate of drug-likeness (QED) is 0.362. The number of esters is 1. The number of nitrogens with zero attached hydrogens (tertiary/aromatic N) is 4. The Morgan fingerprint density at radius 2 is 2.00 bits per heavy atom. The maximum Gasteiger partial charge on any atom is 0.341 e. The molecule has 0 atom stereocenters. The van der Waals surface area contributed by atoms with Crippen molar-refractivity contribution in [3.63, 3.8) is 0 Å². The molecule has 0 spiro atoms. The normalized spacial score (nSPS) is 10.5. The van der Waals surface area contributed by atoms with E-state index in [9.17, 15) is 14.9 Å². The van der Waals surface area contributed by atoms with Crippen molar-refractivity contribution in [3.8, 4) is 11.4 Å². The predicted molar refractivity (Wildman–Crippen MR) is 101 cm³/mol. The molecule has 1 aromatic heterocycles. The Kier molecular flexibility index (Phi) is 5.35. The molecule has 2 aromatic carbocycles. The Morgan fingerprint density at radius 3 is 2.68 bits per heavy atom. The van der Waals surface area contributed by atoms with E-state index in [-0.39, 0.29) is 23.7 Å². The minimum absolute atomic E-state index is 0.0813. The number of aryl methyl sites for hydroxylation is 1. The fourth-order valence-electron chi connectivity index (χ4n) is 2.64. The van der Waals surface area contributed by atoms with Crippen LogP contribution in [0.5, 0.6) is 0 Å². The SMILES string of the molecule is Cc1ccccc1-c1noc(COC(=O)c2cc([N+](=O)[O-])ccc2N(C)C)n1. The van der Waals surface area contributed by atoms with Crippen LogP contribution in [0.1, 0.15) is 21.8 Å². The van der Waals surface area contributed by atoms with Crippen molar-refractivity contribution in [2.24, 2.45) is 0 Å². The molecule has 28 heavy (non-hydrogen) atoms. The van der Waals surface area contributed by atoms with Crippen LogP contribution in [0.25, 0.3) is 11.4 Å². The molecule has 3 aromatic rings. The molecule has 0 N–H and O–H groups in total. The molecule has 0 bridgehead atoms. The fraction of sp³-hybridized carbons (Fsp3) is 0.211. The van der Waals surface area contributed by atoms with Gasteiger partial charge in [0.15, 0.2) is 6.61 Å². The van der Waals surface area contributed by atoms with E-state index in [0.29, 0.717) is 11.5 Å². The molecule has 0 saturated heterocycles. The third-order valence-electron chi connectivity index (χ3n) is 4.07. The molecule has 0 aliphatic rings. The summed E-state index contributed by atoms with van der Waals surface area (Å²) in [6, 6.07) is 11.6. The molecule has 0 fully saturated rings. The maximum atomic E-state index is 12.5. The number of nitro benzene ring substituents is 1. The number of carbonyl (C=O) groups excluding carboxylic acids is 1. The molecule has 0 saturated carbocycles. The van der Waals surface area contributed by atoms with Gasteiger partial charge in [0.25, 0.3) is 11.6 Å². The van der Waals surface area contributed by atoms with Crippen LogP contribution in [0.2, 0.25) is 0 Å². The van der Waals surface area contributed by atoms with Crippen LogP contribution in [0.3, 0.4) is 0 Å². The lowest BCUT2D eigenvalue weighted by atomic mass is 10.1. The second-order valence-corrected chi connectivity index (χ2v) is 6.26. The average molecular weight is 382 g/mol.